The highest BCUT2D eigenvalue weighted by Crippen LogP contribution is 2.28. The van der Waals surface area contributed by atoms with E-state index in [-0.39, 0.29) is 36.3 Å². The van der Waals surface area contributed by atoms with Gasteiger partial charge in [-0.2, -0.15) is 0 Å². The molecule has 0 saturated heterocycles. The molecular formula is C31H37N3O8. The first-order valence-corrected chi connectivity index (χ1v) is 13.9. The molecule has 1 aromatic heterocycles. The molecule has 1 heterocycles. The Morgan fingerprint density at radius 2 is 1.79 bits per heavy atom. The Bertz CT molecular complexity index is 1340. The van der Waals surface area contributed by atoms with Crippen LogP contribution >= 0.6 is 0 Å². The van der Waals surface area contributed by atoms with E-state index in [4.69, 9.17) is 14.4 Å². The van der Waals surface area contributed by atoms with Crippen LogP contribution in [0.1, 0.15) is 72.4 Å². The lowest BCUT2D eigenvalue weighted by molar-refractivity contribution is -0.200. The molecule has 0 aliphatic rings. The number of rotatable bonds is 17. The SMILES string of the molecule is CCCCCC(C(=O)NCNC(=O)c1ccc(-c2ccc(C(=O)O)c(O)c2)o1)[C@@H](CC)N(C=O)OCc1ccccc1. The number of carboxylic acids is 1. The number of hydroxylamine groups is 2. The second-order valence-corrected chi connectivity index (χ2v) is 9.73. The highest BCUT2D eigenvalue weighted by atomic mass is 16.7. The van der Waals surface area contributed by atoms with Gasteiger partial charge in [0.15, 0.2) is 5.76 Å². The first kappa shape index (κ1) is 31.9. The summed E-state index contributed by atoms with van der Waals surface area (Å²) >= 11 is 0. The van der Waals surface area contributed by atoms with Crippen LogP contribution in [0.4, 0.5) is 0 Å². The van der Waals surface area contributed by atoms with Crippen LogP contribution in [0.3, 0.4) is 0 Å². The number of amides is 3. The number of carboxylic acid groups (broad SMARTS) is 1. The molecule has 42 heavy (non-hydrogen) atoms. The van der Waals surface area contributed by atoms with E-state index < -0.39 is 29.6 Å². The number of carbonyl (C=O) groups is 4. The minimum atomic E-state index is -1.27. The molecule has 0 radical (unpaired) electrons. The number of phenols is 1. The second-order valence-electron chi connectivity index (χ2n) is 9.73. The van der Waals surface area contributed by atoms with E-state index in [0.717, 1.165) is 24.8 Å². The molecule has 2 aromatic carbocycles. The molecule has 11 heteroatoms. The molecule has 2 atom stereocenters. The topological polar surface area (TPSA) is 158 Å². The average molecular weight is 580 g/mol. The van der Waals surface area contributed by atoms with Gasteiger partial charge in [-0.3, -0.25) is 19.2 Å². The van der Waals surface area contributed by atoms with E-state index in [2.05, 4.69) is 17.6 Å². The van der Waals surface area contributed by atoms with Crippen molar-refractivity contribution in [2.75, 3.05) is 6.67 Å². The van der Waals surface area contributed by atoms with Crippen molar-refractivity contribution in [3.8, 4) is 17.1 Å². The average Bonchev–Trinajstić information content (AvgIpc) is 3.49. The monoisotopic (exact) mass is 579 g/mol. The number of aromatic carboxylic acids is 1. The van der Waals surface area contributed by atoms with Crippen molar-refractivity contribution in [3.05, 3.63) is 77.6 Å². The molecule has 0 aliphatic heterocycles. The number of carbonyl (C=O) groups excluding carboxylic acids is 3. The standard InChI is InChI=1S/C31H37N3O8/c1-3-5-7-12-23(25(4-2)34(20-35)41-18-21-10-8-6-9-11-21)29(37)32-19-33-30(38)28-16-15-27(42-28)22-13-14-24(31(39)40)26(36)17-22/h6,8-11,13-17,20,23,25,36H,3-5,7,12,18-19H2,1-2H3,(H,32,37)(H,33,38)(H,39,40)/t23?,25-/m1/s1. The molecule has 0 saturated carbocycles. The zero-order valence-electron chi connectivity index (χ0n) is 23.7. The number of furan rings is 1. The van der Waals surface area contributed by atoms with Crippen molar-refractivity contribution < 1.29 is 38.6 Å². The van der Waals surface area contributed by atoms with Crippen molar-refractivity contribution in [1.82, 2.24) is 15.7 Å². The summed E-state index contributed by atoms with van der Waals surface area (Å²) in [6, 6.07) is 15.8. The lowest BCUT2D eigenvalue weighted by atomic mass is 9.90. The maximum Gasteiger partial charge on any atom is 0.339 e. The van der Waals surface area contributed by atoms with E-state index in [9.17, 15) is 24.3 Å². The van der Waals surface area contributed by atoms with Crippen molar-refractivity contribution >= 4 is 24.2 Å². The molecule has 4 N–H and O–H groups in total. The Balaban J connectivity index is 1.61. The predicted molar refractivity (Wildman–Crippen MR) is 154 cm³/mol. The lowest BCUT2D eigenvalue weighted by Crippen LogP contribution is -2.48. The fraction of sp³-hybridized carbons (Fsp3) is 0.355. The van der Waals surface area contributed by atoms with Gasteiger partial charge < -0.3 is 25.3 Å². The number of nitrogens with zero attached hydrogens (tertiary/aromatic N) is 1. The van der Waals surface area contributed by atoms with Gasteiger partial charge in [0.25, 0.3) is 5.91 Å². The van der Waals surface area contributed by atoms with Crippen molar-refractivity contribution in [1.29, 1.82) is 0 Å². The number of hydrogen-bond acceptors (Lipinski definition) is 7. The second kappa shape index (κ2) is 16.0. The zero-order valence-corrected chi connectivity index (χ0v) is 23.7. The van der Waals surface area contributed by atoms with Crippen LogP contribution in [-0.4, -0.2) is 52.2 Å². The molecule has 3 rings (SSSR count). The predicted octanol–water partition coefficient (Wildman–Crippen LogP) is 4.72. The van der Waals surface area contributed by atoms with Gasteiger partial charge in [-0.25, -0.2) is 9.86 Å². The van der Waals surface area contributed by atoms with E-state index in [1.165, 1.54) is 35.4 Å². The van der Waals surface area contributed by atoms with E-state index in [1.807, 2.05) is 37.3 Å². The van der Waals surface area contributed by atoms with Crippen molar-refractivity contribution in [2.24, 2.45) is 5.92 Å². The maximum absolute atomic E-state index is 13.3. The van der Waals surface area contributed by atoms with Gasteiger partial charge in [-0.15, -0.1) is 0 Å². The van der Waals surface area contributed by atoms with E-state index in [1.54, 1.807) is 0 Å². The Kier molecular flexibility index (Phi) is 12.1. The van der Waals surface area contributed by atoms with Gasteiger partial charge in [0, 0.05) is 5.56 Å². The van der Waals surface area contributed by atoms with Crippen LogP contribution in [0.5, 0.6) is 5.75 Å². The molecule has 11 nitrogen and oxygen atoms in total. The number of unbranched alkanes of at least 4 members (excludes halogenated alkanes) is 2. The van der Waals surface area contributed by atoms with Gasteiger partial charge >= 0.3 is 5.97 Å². The Labute approximate surface area is 244 Å². The van der Waals surface area contributed by atoms with Crippen molar-refractivity contribution in [3.63, 3.8) is 0 Å². The highest BCUT2D eigenvalue weighted by molar-refractivity contribution is 5.93. The number of nitrogens with one attached hydrogen (secondary N) is 2. The summed E-state index contributed by atoms with van der Waals surface area (Å²) in [4.78, 5) is 54.8. The van der Waals surface area contributed by atoms with Gasteiger partial charge in [0.1, 0.15) is 23.7 Å². The summed E-state index contributed by atoms with van der Waals surface area (Å²) in [5.74, 6) is -2.93. The third-order valence-corrected chi connectivity index (χ3v) is 6.85. The molecule has 0 aliphatic carbocycles. The van der Waals surface area contributed by atoms with E-state index >= 15 is 0 Å². The molecular weight excluding hydrogens is 542 g/mol. The Hall–Kier alpha value is -4.64. The number of aromatic hydroxyl groups is 1. The summed E-state index contributed by atoms with van der Waals surface area (Å²) in [5, 5.41) is 25.6. The number of benzene rings is 2. The number of hydrogen-bond donors (Lipinski definition) is 4. The van der Waals surface area contributed by atoms with E-state index in [0.29, 0.717) is 24.8 Å². The molecule has 224 valence electrons. The molecule has 1 unspecified atom stereocenters. The molecule has 3 amide bonds. The van der Waals surface area contributed by atoms with Crippen LogP contribution in [-0.2, 0) is 21.0 Å². The Morgan fingerprint density at radius 3 is 2.43 bits per heavy atom. The van der Waals surface area contributed by atoms with Gasteiger partial charge in [-0.05, 0) is 42.7 Å². The summed E-state index contributed by atoms with van der Waals surface area (Å²) in [5.41, 5.74) is 1.03. The summed E-state index contributed by atoms with van der Waals surface area (Å²) in [7, 11) is 0. The highest BCUT2D eigenvalue weighted by Gasteiger charge is 2.32. The largest absolute Gasteiger partial charge is 0.507 e. The fourth-order valence-electron chi connectivity index (χ4n) is 4.59. The van der Waals surface area contributed by atoms with Crippen LogP contribution in [0, 0.1) is 5.92 Å². The van der Waals surface area contributed by atoms with Gasteiger partial charge in [-0.1, -0.05) is 69.5 Å². The van der Waals surface area contributed by atoms with Crippen LogP contribution in [0.25, 0.3) is 11.3 Å². The zero-order chi connectivity index (χ0) is 30.5. The molecule has 0 fully saturated rings. The minimum absolute atomic E-state index is 0.0339. The maximum atomic E-state index is 13.3. The van der Waals surface area contributed by atoms with Crippen LogP contribution in [0.2, 0.25) is 0 Å². The quantitative estimate of drug-likeness (QED) is 0.0774. The van der Waals surface area contributed by atoms with Crippen molar-refractivity contribution in [2.45, 2.75) is 58.6 Å². The molecule has 0 bridgehead atoms. The summed E-state index contributed by atoms with van der Waals surface area (Å²) in [6.07, 6.45) is 4.32. The smallest absolute Gasteiger partial charge is 0.339 e. The fourth-order valence-corrected chi connectivity index (χ4v) is 4.59. The van der Waals surface area contributed by atoms with Gasteiger partial charge in [0.2, 0.25) is 12.3 Å². The minimum Gasteiger partial charge on any atom is -0.507 e. The summed E-state index contributed by atoms with van der Waals surface area (Å²) < 4.78 is 5.58. The first-order chi connectivity index (χ1) is 20.3. The molecule has 0 spiro atoms. The van der Waals surface area contributed by atoms with Gasteiger partial charge in [0.05, 0.1) is 18.6 Å². The lowest BCUT2D eigenvalue weighted by Gasteiger charge is -2.32. The first-order valence-electron chi connectivity index (χ1n) is 13.9. The normalized spacial score (nSPS) is 12.2. The Morgan fingerprint density at radius 1 is 1.02 bits per heavy atom. The van der Waals surface area contributed by atoms with Crippen LogP contribution < -0.4 is 10.6 Å². The van der Waals surface area contributed by atoms with Crippen LogP contribution in [0.15, 0.2) is 65.1 Å². The molecule has 3 aromatic rings. The third kappa shape index (κ3) is 8.68. The summed E-state index contributed by atoms with van der Waals surface area (Å²) in [6.45, 7) is 3.97. The third-order valence-electron chi connectivity index (χ3n) is 6.85.